The lowest BCUT2D eigenvalue weighted by Gasteiger charge is -2.07. The van der Waals surface area contributed by atoms with Crippen LogP contribution in [0.2, 0.25) is 0 Å². The van der Waals surface area contributed by atoms with Gasteiger partial charge in [0.15, 0.2) is 5.75 Å². The molecule has 0 radical (unpaired) electrons. The number of hydrogen-bond acceptors (Lipinski definition) is 2. The summed E-state index contributed by atoms with van der Waals surface area (Å²) in [6.07, 6.45) is 2.65. The molecule has 0 fully saturated rings. The van der Waals surface area contributed by atoms with Gasteiger partial charge in [-0.25, -0.2) is 0 Å². The molecule has 1 aliphatic rings. The van der Waals surface area contributed by atoms with Crippen LogP contribution in [0.5, 0.6) is 5.75 Å². The molecule has 0 bridgehead atoms. The van der Waals surface area contributed by atoms with Gasteiger partial charge in [0.05, 0.1) is 0 Å². The summed E-state index contributed by atoms with van der Waals surface area (Å²) in [6.45, 7) is 0. The minimum Gasteiger partial charge on any atom is -0.357 e. The van der Waals surface area contributed by atoms with Gasteiger partial charge >= 0.3 is 0 Å². The van der Waals surface area contributed by atoms with E-state index in [2.05, 4.69) is 5.16 Å². The van der Waals surface area contributed by atoms with Crippen LogP contribution in [-0.4, -0.2) is 6.21 Å². The van der Waals surface area contributed by atoms with Gasteiger partial charge < -0.3 is 4.84 Å². The average Bonchev–Trinajstić information content (AvgIpc) is 2.05. The van der Waals surface area contributed by atoms with Crippen molar-refractivity contribution in [2.45, 2.75) is 13.8 Å². The second kappa shape index (κ2) is 3.19. The lowest BCUT2D eigenvalue weighted by atomic mass is 10.1. The molecule has 0 saturated carbocycles. The van der Waals surface area contributed by atoms with Crippen molar-refractivity contribution in [3.05, 3.63) is 29.8 Å². The molecule has 0 saturated heterocycles. The van der Waals surface area contributed by atoms with Crippen LogP contribution in [0.3, 0.4) is 0 Å². The van der Waals surface area contributed by atoms with E-state index < -0.39 is 0 Å². The van der Waals surface area contributed by atoms with Crippen molar-refractivity contribution < 1.29 is 4.84 Å². The number of benzene rings is 1. The molecule has 0 aromatic heterocycles. The molecule has 0 N–H and O–H groups in total. The fraction of sp³-hybridized carbons (Fsp3) is 0.222. The van der Waals surface area contributed by atoms with Crippen LogP contribution in [0.4, 0.5) is 0 Å². The minimum absolute atomic E-state index is 0. The maximum Gasteiger partial charge on any atom is 0.161 e. The Morgan fingerprint density at radius 2 is 2.09 bits per heavy atom. The monoisotopic (exact) mass is 149 g/mol. The zero-order valence-corrected chi connectivity index (χ0v) is 5.45. The summed E-state index contributed by atoms with van der Waals surface area (Å²) >= 11 is 0. The van der Waals surface area contributed by atoms with Gasteiger partial charge in [0, 0.05) is 18.2 Å². The highest BCUT2D eigenvalue weighted by Gasteiger charge is 2.03. The lowest BCUT2D eigenvalue weighted by Crippen LogP contribution is -1.98. The van der Waals surface area contributed by atoms with Gasteiger partial charge in [-0.3, -0.25) is 0 Å². The maximum atomic E-state index is 4.99. The Labute approximate surface area is 66.5 Å². The first-order valence-electron chi connectivity index (χ1n) is 3.23. The fourth-order valence-corrected chi connectivity index (χ4v) is 0.991. The normalized spacial score (nSPS) is 12.7. The van der Waals surface area contributed by atoms with E-state index >= 15 is 0 Å². The van der Waals surface area contributed by atoms with E-state index in [-0.39, 0.29) is 7.43 Å². The van der Waals surface area contributed by atoms with Gasteiger partial charge in [-0.2, -0.15) is 0 Å². The third-order valence-corrected chi connectivity index (χ3v) is 1.51. The third-order valence-electron chi connectivity index (χ3n) is 1.51. The Bertz CT molecular complexity index is 241. The van der Waals surface area contributed by atoms with E-state index in [0.717, 1.165) is 12.2 Å². The summed E-state index contributed by atoms with van der Waals surface area (Å²) in [6, 6.07) is 7.91. The zero-order valence-electron chi connectivity index (χ0n) is 5.45. The molecule has 1 heterocycles. The van der Waals surface area contributed by atoms with E-state index in [1.165, 1.54) is 5.56 Å². The topological polar surface area (TPSA) is 21.6 Å². The molecule has 0 atom stereocenters. The van der Waals surface area contributed by atoms with Gasteiger partial charge in [-0.05, 0) is 6.07 Å². The van der Waals surface area contributed by atoms with Crippen LogP contribution in [0, 0.1) is 0 Å². The number of rotatable bonds is 0. The summed E-state index contributed by atoms with van der Waals surface area (Å²) in [4.78, 5) is 4.99. The zero-order chi connectivity index (χ0) is 6.81. The summed E-state index contributed by atoms with van der Waals surface area (Å²) in [5.41, 5.74) is 1.21. The van der Waals surface area contributed by atoms with Crippen molar-refractivity contribution in [2.24, 2.45) is 5.16 Å². The first-order valence-corrected chi connectivity index (χ1v) is 3.23. The molecular formula is C9H11NO. The molecular weight excluding hydrogens is 138 g/mol. The van der Waals surface area contributed by atoms with Crippen LogP contribution in [-0.2, 0) is 6.42 Å². The van der Waals surface area contributed by atoms with Crippen LogP contribution < -0.4 is 4.84 Å². The number of hydrogen-bond donors (Lipinski definition) is 0. The summed E-state index contributed by atoms with van der Waals surface area (Å²) < 4.78 is 0. The first kappa shape index (κ1) is 7.79. The summed E-state index contributed by atoms with van der Waals surface area (Å²) in [7, 11) is 0. The molecule has 1 aromatic carbocycles. The van der Waals surface area contributed by atoms with E-state index in [1.807, 2.05) is 24.3 Å². The molecule has 2 heteroatoms. The molecule has 11 heavy (non-hydrogen) atoms. The fourth-order valence-electron chi connectivity index (χ4n) is 0.991. The maximum absolute atomic E-state index is 4.99. The molecule has 58 valence electrons. The van der Waals surface area contributed by atoms with Crippen molar-refractivity contribution in [3.8, 4) is 5.75 Å². The van der Waals surface area contributed by atoms with Crippen molar-refractivity contribution >= 4 is 6.21 Å². The predicted octanol–water partition coefficient (Wildman–Crippen LogP) is 2.24. The standard InChI is InChI=1S/C8H7NO.CH4/c1-2-4-8-7(3-1)5-6-9-10-8;/h1-4,6H,5H2;1H4. The Morgan fingerprint density at radius 3 is 2.91 bits per heavy atom. The molecule has 0 aliphatic carbocycles. The highest BCUT2D eigenvalue weighted by atomic mass is 16.6. The van der Waals surface area contributed by atoms with Gasteiger partial charge in [-0.1, -0.05) is 30.8 Å². The quantitative estimate of drug-likeness (QED) is 0.554. The second-order valence-electron chi connectivity index (χ2n) is 2.19. The lowest BCUT2D eigenvalue weighted by molar-refractivity contribution is 0.334. The van der Waals surface area contributed by atoms with Crippen molar-refractivity contribution in [1.82, 2.24) is 0 Å². The van der Waals surface area contributed by atoms with Crippen molar-refractivity contribution in [2.75, 3.05) is 0 Å². The van der Waals surface area contributed by atoms with Crippen LogP contribution in [0.15, 0.2) is 29.4 Å². The molecule has 0 spiro atoms. The average molecular weight is 149 g/mol. The van der Waals surface area contributed by atoms with E-state index in [0.29, 0.717) is 0 Å². The van der Waals surface area contributed by atoms with Gasteiger partial charge in [0.25, 0.3) is 0 Å². The summed E-state index contributed by atoms with van der Waals surface area (Å²) in [5.74, 6) is 0.880. The number of oxime groups is 1. The highest BCUT2D eigenvalue weighted by Crippen LogP contribution is 2.20. The van der Waals surface area contributed by atoms with Crippen molar-refractivity contribution in [3.63, 3.8) is 0 Å². The number of para-hydroxylation sites is 1. The van der Waals surface area contributed by atoms with E-state index in [4.69, 9.17) is 4.84 Å². The molecule has 0 unspecified atom stereocenters. The first-order chi connectivity index (χ1) is 4.97. The van der Waals surface area contributed by atoms with Crippen LogP contribution in [0.25, 0.3) is 0 Å². The summed E-state index contributed by atoms with van der Waals surface area (Å²) in [5, 5.41) is 3.69. The SMILES string of the molecule is C.C1=NOc2ccccc2C1. The second-order valence-corrected chi connectivity index (χ2v) is 2.19. The smallest absolute Gasteiger partial charge is 0.161 e. The molecule has 2 nitrogen and oxygen atoms in total. The third kappa shape index (κ3) is 1.40. The van der Waals surface area contributed by atoms with E-state index in [1.54, 1.807) is 6.21 Å². The minimum atomic E-state index is 0. The van der Waals surface area contributed by atoms with Crippen molar-refractivity contribution in [1.29, 1.82) is 0 Å². The molecule has 2 rings (SSSR count). The van der Waals surface area contributed by atoms with E-state index in [9.17, 15) is 0 Å². The van der Waals surface area contributed by atoms with Gasteiger partial charge in [0.1, 0.15) is 0 Å². The Balaban J connectivity index is 0.000000605. The van der Waals surface area contributed by atoms with Crippen LogP contribution in [0.1, 0.15) is 13.0 Å². The van der Waals surface area contributed by atoms with Gasteiger partial charge in [-0.15, -0.1) is 0 Å². The Morgan fingerprint density at radius 1 is 1.27 bits per heavy atom. The molecule has 0 amide bonds. The number of nitrogens with zero attached hydrogens (tertiary/aromatic N) is 1. The highest BCUT2D eigenvalue weighted by molar-refractivity contribution is 5.64. The Kier molecular flexibility index (Phi) is 2.26. The van der Waals surface area contributed by atoms with Crippen LogP contribution >= 0.6 is 0 Å². The Hall–Kier alpha value is -1.31. The number of fused-ring (bicyclic) bond motifs is 1. The largest absolute Gasteiger partial charge is 0.357 e. The predicted molar refractivity (Wildman–Crippen MR) is 46.0 cm³/mol. The molecule has 1 aromatic rings. The molecule has 1 aliphatic heterocycles. The van der Waals surface area contributed by atoms with Gasteiger partial charge in [0.2, 0.25) is 0 Å².